The minimum Gasteiger partial charge on any atom is -0.494 e. The Morgan fingerprint density at radius 1 is 1.14 bits per heavy atom. The number of alkyl halides is 3. The number of unbranched alkanes of at least 4 members (excludes halogenated alkanes) is 2. The monoisotopic (exact) mass is 411 g/mol. The number of benzene rings is 1. The van der Waals surface area contributed by atoms with Crippen molar-refractivity contribution in [3.63, 3.8) is 0 Å². The van der Waals surface area contributed by atoms with E-state index in [0.29, 0.717) is 24.7 Å². The third-order valence-corrected chi connectivity index (χ3v) is 4.14. The molecule has 8 heteroatoms. The Kier molecular flexibility index (Phi) is 8.10. The van der Waals surface area contributed by atoms with Crippen LogP contribution in [0.15, 0.2) is 30.5 Å². The minimum atomic E-state index is -4.59. The third-order valence-electron chi connectivity index (χ3n) is 4.14. The fraction of sp³-hybridized carbons (Fsp3) is 0.524. The van der Waals surface area contributed by atoms with Crippen LogP contribution in [0.5, 0.6) is 11.8 Å². The van der Waals surface area contributed by atoms with Crippen LogP contribution < -0.4 is 14.4 Å². The van der Waals surface area contributed by atoms with Crippen molar-refractivity contribution in [3.05, 3.63) is 36.0 Å². The highest BCUT2D eigenvalue weighted by Crippen LogP contribution is 2.38. The number of halogens is 3. The van der Waals surface area contributed by atoms with Crippen LogP contribution in [0.2, 0.25) is 0 Å². The zero-order valence-electron chi connectivity index (χ0n) is 17.3. The molecular weight excluding hydrogens is 383 g/mol. The van der Waals surface area contributed by atoms with E-state index in [1.54, 1.807) is 24.3 Å². The molecule has 0 amide bonds. The molecule has 0 radical (unpaired) electrons. The molecule has 1 aromatic carbocycles. The summed E-state index contributed by atoms with van der Waals surface area (Å²) < 4.78 is 51.7. The van der Waals surface area contributed by atoms with Crippen LogP contribution in [0.25, 0.3) is 0 Å². The number of ether oxygens (including phenoxy) is 2. The van der Waals surface area contributed by atoms with E-state index in [0.717, 1.165) is 25.5 Å². The molecule has 0 aliphatic heterocycles. The molecule has 0 unspecified atom stereocenters. The highest BCUT2D eigenvalue weighted by Gasteiger charge is 2.36. The number of anilines is 2. The van der Waals surface area contributed by atoms with Gasteiger partial charge in [-0.25, -0.2) is 4.98 Å². The molecule has 0 aliphatic carbocycles. The molecule has 1 heterocycles. The minimum absolute atomic E-state index is 0.0829. The second-order valence-corrected chi connectivity index (χ2v) is 7.20. The maximum absolute atomic E-state index is 13.5. The van der Waals surface area contributed by atoms with E-state index in [9.17, 15) is 13.2 Å². The van der Waals surface area contributed by atoms with Gasteiger partial charge in [0, 0.05) is 25.0 Å². The quantitative estimate of drug-likeness (QED) is 0.458. The first-order valence-electron chi connectivity index (χ1n) is 9.76. The summed E-state index contributed by atoms with van der Waals surface area (Å²) in [4.78, 5) is 9.13. The normalized spacial score (nSPS) is 11.6. The second kappa shape index (κ2) is 10.3. The van der Waals surface area contributed by atoms with Crippen molar-refractivity contribution in [3.8, 4) is 11.8 Å². The van der Waals surface area contributed by atoms with Crippen molar-refractivity contribution in [2.75, 3.05) is 25.2 Å². The van der Waals surface area contributed by atoms with Gasteiger partial charge in [0.15, 0.2) is 5.82 Å². The molecule has 0 saturated carbocycles. The van der Waals surface area contributed by atoms with Crippen LogP contribution in [0.3, 0.4) is 0 Å². The number of rotatable bonds is 10. The molecule has 5 nitrogen and oxygen atoms in total. The molecule has 0 fully saturated rings. The van der Waals surface area contributed by atoms with Crippen LogP contribution in [0.4, 0.5) is 24.7 Å². The molecule has 0 aliphatic rings. The SMILES string of the molecule is CCCCCOc1cccc(N(C)c2nc(OCC(C)C)ncc2C(F)(F)F)c1. The van der Waals surface area contributed by atoms with Gasteiger partial charge in [-0.3, -0.25) is 0 Å². The van der Waals surface area contributed by atoms with E-state index in [4.69, 9.17) is 9.47 Å². The first-order chi connectivity index (χ1) is 13.7. The van der Waals surface area contributed by atoms with E-state index in [2.05, 4.69) is 16.9 Å². The van der Waals surface area contributed by atoms with Gasteiger partial charge in [0.2, 0.25) is 0 Å². The first kappa shape index (κ1) is 22.8. The average Bonchev–Trinajstić information content (AvgIpc) is 2.68. The molecule has 1 aromatic heterocycles. The molecule has 2 aromatic rings. The zero-order valence-corrected chi connectivity index (χ0v) is 17.3. The van der Waals surface area contributed by atoms with Crippen molar-refractivity contribution in [2.45, 2.75) is 46.2 Å². The standard InChI is InChI=1S/C21H28F3N3O2/c1-5-6-7-11-28-17-10-8-9-16(12-17)27(4)19-18(21(22,23)24)13-25-20(26-19)29-14-15(2)3/h8-10,12-13,15H,5-7,11,14H2,1-4H3. The summed E-state index contributed by atoms with van der Waals surface area (Å²) in [6.45, 7) is 6.85. The van der Waals surface area contributed by atoms with Gasteiger partial charge in [0.05, 0.1) is 13.2 Å². The number of aromatic nitrogens is 2. The van der Waals surface area contributed by atoms with Crippen LogP contribution in [0, 0.1) is 5.92 Å². The highest BCUT2D eigenvalue weighted by atomic mass is 19.4. The molecule has 0 atom stereocenters. The van der Waals surface area contributed by atoms with Crippen molar-refractivity contribution < 1.29 is 22.6 Å². The summed E-state index contributed by atoms with van der Waals surface area (Å²) >= 11 is 0. The Hall–Kier alpha value is -2.51. The Bertz CT molecular complexity index is 782. The largest absolute Gasteiger partial charge is 0.494 e. The molecule has 2 rings (SSSR count). The number of hydrogen-bond donors (Lipinski definition) is 0. The summed E-state index contributed by atoms with van der Waals surface area (Å²) in [5.74, 6) is 0.530. The highest BCUT2D eigenvalue weighted by molar-refractivity contribution is 5.64. The molecule has 0 bridgehead atoms. The van der Waals surface area contributed by atoms with Gasteiger partial charge in [-0.15, -0.1) is 0 Å². The summed E-state index contributed by atoms with van der Waals surface area (Å²) in [6, 6.07) is 6.84. The lowest BCUT2D eigenvalue weighted by molar-refractivity contribution is -0.137. The molecule has 0 N–H and O–H groups in total. The maximum Gasteiger partial charge on any atom is 0.421 e. The van der Waals surface area contributed by atoms with Gasteiger partial charge in [-0.2, -0.15) is 18.2 Å². The Morgan fingerprint density at radius 3 is 2.55 bits per heavy atom. The van der Waals surface area contributed by atoms with E-state index in [-0.39, 0.29) is 17.7 Å². The van der Waals surface area contributed by atoms with Crippen molar-refractivity contribution in [2.24, 2.45) is 5.92 Å². The maximum atomic E-state index is 13.5. The van der Waals surface area contributed by atoms with Crippen molar-refractivity contribution in [1.29, 1.82) is 0 Å². The van der Waals surface area contributed by atoms with Crippen LogP contribution >= 0.6 is 0 Å². The number of hydrogen-bond acceptors (Lipinski definition) is 5. The third kappa shape index (κ3) is 6.80. The van der Waals surface area contributed by atoms with Gasteiger partial charge >= 0.3 is 12.2 Å². The first-order valence-corrected chi connectivity index (χ1v) is 9.76. The fourth-order valence-electron chi connectivity index (χ4n) is 2.57. The van der Waals surface area contributed by atoms with Crippen molar-refractivity contribution >= 4 is 11.5 Å². The molecule has 160 valence electrons. The lowest BCUT2D eigenvalue weighted by atomic mass is 10.2. The van der Waals surface area contributed by atoms with E-state index >= 15 is 0 Å². The van der Waals surface area contributed by atoms with Crippen molar-refractivity contribution in [1.82, 2.24) is 9.97 Å². The second-order valence-electron chi connectivity index (χ2n) is 7.20. The van der Waals surface area contributed by atoms with E-state index in [1.807, 2.05) is 13.8 Å². The van der Waals surface area contributed by atoms with Gasteiger partial charge in [-0.1, -0.05) is 39.7 Å². The summed E-state index contributed by atoms with van der Waals surface area (Å²) in [6.07, 6.45) is -0.749. The Labute approximate surface area is 169 Å². The van der Waals surface area contributed by atoms with Crippen LogP contribution in [0.1, 0.15) is 45.6 Å². The molecule has 29 heavy (non-hydrogen) atoms. The lowest BCUT2D eigenvalue weighted by Crippen LogP contribution is -2.20. The molecule has 0 spiro atoms. The topological polar surface area (TPSA) is 47.5 Å². The van der Waals surface area contributed by atoms with E-state index in [1.165, 1.54) is 11.9 Å². The average molecular weight is 411 g/mol. The molecular formula is C21H28F3N3O2. The predicted octanol–water partition coefficient (Wildman–Crippen LogP) is 5.87. The van der Waals surface area contributed by atoms with E-state index < -0.39 is 11.7 Å². The van der Waals surface area contributed by atoms with Gasteiger partial charge in [-0.05, 0) is 24.5 Å². The summed E-state index contributed by atoms with van der Waals surface area (Å²) in [5.41, 5.74) is -0.400. The lowest BCUT2D eigenvalue weighted by Gasteiger charge is -2.23. The fourth-order valence-corrected chi connectivity index (χ4v) is 2.57. The number of nitrogens with zero attached hydrogens (tertiary/aromatic N) is 3. The summed E-state index contributed by atoms with van der Waals surface area (Å²) in [7, 11) is 1.53. The Balaban J connectivity index is 2.29. The molecule has 0 saturated heterocycles. The van der Waals surface area contributed by atoms with Crippen LogP contribution in [-0.2, 0) is 6.18 Å². The Morgan fingerprint density at radius 2 is 1.90 bits per heavy atom. The van der Waals surface area contributed by atoms with Gasteiger partial charge in [0.1, 0.15) is 11.3 Å². The van der Waals surface area contributed by atoms with Gasteiger partial charge in [0.25, 0.3) is 0 Å². The van der Waals surface area contributed by atoms with Gasteiger partial charge < -0.3 is 14.4 Å². The zero-order chi connectivity index (χ0) is 21.4. The predicted molar refractivity (Wildman–Crippen MR) is 107 cm³/mol. The summed E-state index contributed by atoms with van der Waals surface area (Å²) in [5, 5.41) is 0. The smallest absolute Gasteiger partial charge is 0.421 e. The van der Waals surface area contributed by atoms with Crippen LogP contribution in [-0.4, -0.2) is 30.2 Å².